The highest BCUT2D eigenvalue weighted by atomic mass is 35.5. The Morgan fingerprint density at radius 3 is 2.44 bits per heavy atom. The molecular weight excluding hydrogens is 252 g/mol. The molecule has 0 aliphatic carbocycles. The molecule has 0 atom stereocenters. The molecule has 3 nitrogen and oxygen atoms in total. The summed E-state index contributed by atoms with van der Waals surface area (Å²) in [6.45, 7) is 0.250. The molecule has 0 bridgehead atoms. The van der Waals surface area contributed by atoms with E-state index in [1.807, 2.05) is 0 Å². The second-order valence-corrected chi connectivity index (χ2v) is 4.30. The summed E-state index contributed by atoms with van der Waals surface area (Å²) >= 11 is 5.84. The maximum absolute atomic E-state index is 9.20. The molecule has 18 heavy (non-hydrogen) atoms. The van der Waals surface area contributed by atoms with Crippen molar-refractivity contribution < 1.29 is 14.9 Å². The Kier molecular flexibility index (Phi) is 4.07. The van der Waals surface area contributed by atoms with Crippen LogP contribution in [0, 0.1) is 0 Å². The van der Waals surface area contributed by atoms with Gasteiger partial charge in [0.15, 0.2) is 0 Å². The molecule has 0 spiro atoms. The molecule has 0 aromatic heterocycles. The minimum Gasteiger partial charge on any atom is -0.508 e. The van der Waals surface area contributed by atoms with Crippen LogP contribution in [0.15, 0.2) is 42.5 Å². The van der Waals surface area contributed by atoms with E-state index in [1.165, 1.54) is 0 Å². The minimum atomic E-state index is -0.120. The van der Waals surface area contributed by atoms with E-state index in [1.54, 1.807) is 42.5 Å². The Morgan fingerprint density at radius 1 is 1.06 bits per heavy atom. The Bertz CT molecular complexity index is 523. The summed E-state index contributed by atoms with van der Waals surface area (Å²) in [4.78, 5) is 0. The van der Waals surface area contributed by atoms with Gasteiger partial charge in [0, 0.05) is 10.6 Å². The number of phenolic OH excluding ortho intramolecular Hbond substituents is 1. The monoisotopic (exact) mass is 264 g/mol. The Hall–Kier alpha value is -1.71. The van der Waals surface area contributed by atoms with Crippen LogP contribution in [-0.2, 0) is 13.2 Å². The van der Waals surface area contributed by atoms with Crippen molar-refractivity contribution in [1.82, 2.24) is 0 Å². The summed E-state index contributed by atoms with van der Waals surface area (Å²) in [6, 6.07) is 11.9. The molecule has 2 aromatic rings. The lowest BCUT2D eigenvalue weighted by Gasteiger charge is -2.10. The van der Waals surface area contributed by atoms with Crippen LogP contribution < -0.4 is 4.74 Å². The molecule has 0 fully saturated rings. The Balaban J connectivity index is 2.08. The second-order valence-electron chi connectivity index (χ2n) is 3.87. The summed E-state index contributed by atoms with van der Waals surface area (Å²) in [7, 11) is 0. The molecule has 0 unspecified atom stereocenters. The number of aromatic hydroxyl groups is 1. The molecule has 0 heterocycles. The third-order valence-electron chi connectivity index (χ3n) is 2.52. The average Bonchev–Trinajstić information content (AvgIpc) is 2.39. The number of aliphatic hydroxyl groups excluding tert-OH is 1. The van der Waals surface area contributed by atoms with Gasteiger partial charge in [-0.15, -0.1) is 0 Å². The Morgan fingerprint density at radius 2 is 1.78 bits per heavy atom. The quantitative estimate of drug-likeness (QED) is 0.892. The van der Waals surface area contributed by atoms with Crippen molar-refractivity contribution in [3.05, 3.63) is 58.6 Å². The SMILES string of the molecule is OCc1cc(Cl)ccc1OCc1ccc(O)cc1. The van der Waals surface area contributed by atoms with E-state index in [2.05, 4.69) is 0 Å². The van der Waals surface area contributed by atoms with Crippen molar-refractivity contribution in [3.63, 3.8) is 0 Å². The average molecular weight is 265 g/mol. The molecule has 0 saturated heterocycles. The van der Waals surface area contributed by atoms with Gasteiger partial charge in [0.25, 0.3) is 0 Å². The fourth-order valence-electron chi connectivity index (χ4n) is 1.57. The second kappa shape index (κ2) is 5.76. The third-order valence-corrected chi connectivity index (χ3v) is 2.76. The molecule has 2 N–H and O–H groups in total. The van der Waals surface area contributed by atoms with E-state index < -0.39 is 0 Å². The largest absolute Gasteiger partial charge is 0.508 e. The van der Waals surface area contributed by atoms with Gasteiger partial charge in [0.1, 0.15) is 18.1 Å². The van der Waals surface area contributed by atoms with Gasteiger partial charge < -0.3 is 14.9 Å². The lowest BCUT2D eigenvalue weighted by molar-refractivity contribution is 0.259. The van der Waals surface area contributed by atoms with Gasteiger partial charge in [-0.05, 0) is 35.9 Å². The molecular formula is C14H13ClO3. The van der Waals surface area contributed by atoms with Crippen LogP contribution in [0.2, 0.25) is 5.02 Å². The van der Waals surface area contributed by atoms with Gasteiger partial charge in [-0.25, -0.2) is 0 Å². The zero-order valence-electron chi connectivity index (χ0n) is 9.64. The van der Waals surface area contributed by atoms with Gasteiger partial charge in [0.2, 0.25) is 0 Å². The molecule has 2 aromatic carbocycles. The predicted octanol–water partition coefficient (Wildman–Crippen LogP) is 3.12. The third kappa shape index (κ3) is 3.15. The molecule has 2 rings (SSSR count). The first-order chi connectivity index (χ1) is 8.69. The molecule has 0 aliphatic heterocycles. The van der Waals surface area contributed by atoms with Crippen molar-refractivity contribution in [2.24, 2.45) is 0 Å². The van der Waals surface area contributed by atoms with Crippen LogP contribution in [0.5, 0.6) is 11.5 Å². The fourth-order valence-corrected chi connectivity index (χ4v) is 1.76. The van der Waals surface area contributed by atoms with Crippen LogP contribution in [0.1, 0.15) is 11.1 Å². The standard InChI is InChI=1S/C14H13ClO3/c15-12-3-6-14(11(7-12)8-16)18-9-10-1-4-13(17)5-2-10/h1-7,16-17H,8-9H2. The number of ether oxygens (including phenoxy) is 1. The zero-order chi connectivity index (χ0) is 13.0. The van der Waals surface area contributed by atoms with Crippen LogP contribution in [0.25, 0.3) is 0 Å². The summed E-state index contributed by atoms with van der Waals surface area (Å²) < 4.78 is 5.61. The van der Waals surface area contributed by atoms with Crippen molar-refractivity contribution in [1.29, 1.82) is 0 Å². The van der Waals surface area contributed by atoms with Gasteiger partial charge in [-0.2, -0.15) is 0 Å². The fraction of sp³-hybridized carbons (Fsp3) is 0.143. The highest BCUT2D eigenvalue weighted by Crippen LogP contribution is 2.24. The van der Waals surface area contributed by atoms with E-state index >= 15 is 0 Å². The summed E-state index contributed by atoms with van der Waals surface area (Å²) in [5, 5.41) is 18.9. The zero-order valence-corrected chi connectivity index (χ0v) is 10.4. The van der Waals surface area contributed by atoms with Gasteiger partial charge in [0.05, 0.1) is 6.61 Å². The van der Waals surface area contributed by atoms with Gasteiger partial charge in [-0.3, -0.25) is 0 Å². The molecule has 0 radical (unpaired) electrons. The molecule has 0 amide bonds. The van der Waals surface area contributed by atoms with Crippen molar-refractivity contribution in [3.8, 4) is 11.5 Å². The van der Waals surface area contributed by atoms with E-state index in [9.17, 15) is 5.11 Å². The van der Waals surface area contributed by atoms with Crippen molar-refractivity contribution in [2.45, 2.75) is 13.2 Å². The number of hydrogen-bond acceptors (Lipinski definition) is 3. The lowest BCUT2D eigenvalue weighted by atomic mass is 10.2. The van der Waals surface area contributed by atoms with Gasteiger partial charge in [-0.1, -0.05) is 23.7 Å². The Labute approximate surface area is 110 Å². The maximum atomic E-state index is 9.20. The van der Waals surface area contributed by atoms with Crippen molar-refractivity contribution in [2.75, 3.05) is 0 Å². The number of rotatable bonds is 4. The molecule has 0 aliphatic rings. The van der Waals surface area contributed by atoms with Crippen LogP contribution >= 0.6 is 11.6 Å². The smallest absolute Gasteiger partial charge is 0.125 e. The lowest BCUT2D eigenvalue weighted by Crippen LogP contribution is -1.98. The van der Waals surface area contributed by atoms with E-state index in [4.69, 9.17) is 21.4 Å². The first-order valence-corrected chi connectivity index (χ1v) is 5.87. The number of phenols is 1. The summed E-state index contributed by atoms with van der Waals surface area (Å²) in [6.07, 6.45) is 0. The number of aliphatic hydroxyl groups is 1. The summed E-state index contributed by atoms with van der Waals surface area (Å²) in [5.41, 5.74) is 1.59. The van der Waals surface area contributed by atoms with Gasteiger partial charge >= 0.3 is 0 Å². The highest BCUT2D eigenvalue weighted by Gasteiger charge is 2.04. The first kappa shape index (κ1) is 12.7. The normalized spacial score (nSPS) is 10.3. The summed E-state index contributed by atoms with van der Waals surface area (Å²) in [5.74, 6) is 0.830. The van der Waals surface area contributed by atoms with Crippen LogP contribution in [-0.4, -0.2) is 10.2 Å². The molecule has 94 valence electrons. The van der Waals surface area contributed by atoms with E-state index in [-0.39, 0.29) is 12.4 Å². The first-order valence-electron chi connectivity index (χ1n) is 5.49. The highest BCUT2D eigenvalue weighted by molar-refractivity contribution is 6.30. The number of halogens is 1. The number of benzene rings is 2. The predicted molar refractivity (Wildman–Crippen MR) is 69.8 cm³/mol. The topological polar surface area (TPSA) is 49.7 Å². The van der Waals surface area contributed by atoms with Crippen LogP contribution in [0.4, 0.5) is 0 Å². The maximum Gasteiger partial charge on any atom is 0.125 e. The number of hydrogen-bond donors (Lipinski definition) is 2. The molecule has 0 saturated carbocycles. The van der Waals surface area contributed by atoms with E-state index in [0.717, 1.165) is 5.56 Å². The van der Waals surface area contributed by atoms with Crippen molar-refractivity contribution >= 4 is 11.6 Å². The van der Waals surface area contributed by atoms with E-state index in [0.29, 0.717) is 22.9 Å². The molecule has 4 heteroatoms. The minimum absolute atomic E-state index is 0.120. The van der Waals surface area contributed by atoms with Crippen LogP contribution in [0.3, 0.4) is 0 Å².